The number of aliphatic hydroxyl groups excluding tert-OH is 1. The van der Waals surface area contributed by atoms with Crippen LogP contribution in [0.25, 0.3) is 0 Å². The third-order valence-corrected chi connectivity index (χ3v) is 2.65. The van der Waals surface area contributed by atoms with Crippen molar-refractivity contribution in [2.75, 3.05) is 6.54 Å². The molecule has 3 nitrogen and oxygen atoms in total. The SMILES string of the molecule is CC(C)(C)CC(O)C(CN)c1cccnc1. The highest BCUT2D eigenvalue weighted by Gasteiger charge is 2.24. The van der Waals surface area contributed by atoms with Crippen molar-refractivity contribution in [1.82, 2.24) is 4.98 Å². The smallest absolute Gasteiger partial charge is 0.0626 e. The summed E-state index contributed by atoms with van der Waals surface area (Å²) in [5.41, 5.74) is 6.86. The van der Waals surface area contributed by atoms with Gasteiger partial charge in [-0.05, 0) is 23.5 Å². The van der Waals surface area contributed by atoms with Crippen molar-refractivity contribution in [3.05, 3.63) is 30.1 Å². The Bertz CT molecular complexity index is 305. The Hall–Kier alpha value is -0.930. The second-order valence-electron chi connectivity index (χ2n) is 5.46. The Balaban J connectivity index is 2.75. The number of aromatic nitrogens is 1. The van der Waals surface area contributed by atoms with Crippen LogP contribution in [-0.2, 0) is 0 Å². The molecule has 0 bridgehead atoms. The minimum Gasteiger partial charge on any atom is -0.392 e. The van der Waals surface area contributed by atoms with E-state index in [9.17, 15) is 5.11 Å². The predicted molar refractivity (Wildman–Crippen MR) is 66.1 cm³/mol. The molecule has 0 amide bonds. The van der Waals surface area contributed by atoms with Crippen LogP contribution in [-0.4, -0.2) is 22.7 Å². The Morgan fingerprint density at radius 2 is 2.12 bits per heavy atom. The summed E-state index contributed by atoms with van der Waals surface area (Å²) >= 11 is 0. The van der Waals surface area contributed by atoms with Gasteiger partial charge in [0.15, 0.2) is 0 Å². The molecule has 0 saturated carbocycles. The first kappa shape index (κ1) is 13.1. The van der Waals surface area contributed by atoms with Crippen LogP contribution in [0.2, 0.25) is 0 Å². The molecule has 0 radical (unpaired) electrons. The lowest BCUT2D eigenvalue weighted by molar-refractivity contribution is 0.0971. The number of nitrogens with two attached hydrogens (primary N) is 1. The molecule has 3 N–H and O–H groups in total. The van der Waals surface area contributed by atoms with Crippen LogP contribution in [0.15, 0.2) is 24.5 Å². The normalized spacial score (nSPS) is 15.8. The lowest BCUT2D eigenvalue weighted by atomic mass is 9.82. The van der Waals surface area contributed by atoms with Gasteiger partial charge in [0, 0.05) is 24.9 Å². The van der Waals surface area contributed by atoms with E-state index in [0.717, 1.165) is 12.0 Å². The van der Waals surface area contributed by atoms with Crippen molar-refractivity contribution in [3.63, 3.8) is 0 Å². The van der Waals surface area contributed by atoms with Crippen molar-refractivity contribution >= 4 is 0 Å². The molecule has 3 heteroatoms. The molecule has 0 aromatic carbocycles. The molecule has 0 aliphatic rings. The predicted octanol–water partition coefficient (Wildman–Crippen LogP) is 1.92. The van der Waals surface area contributed by atoms with Gasteiger partial charge in [0.05, 0.1) is 6.10 Å². The molecule has 2 unspecified atom stereocenters. The lowest BCUT2D eigenvalue weighted by Crippen LogP contribution is -2.29. The molecule has 1 heterocycles. The van der Waals surface area contributed by atoms with E-state index in [0.29, 0.717) is 6.54 Å². The summed E-state index contributed by atoms with van der Waals surface area (Å²) in [4.78, 5) is 4.07. The maximum atomic E-state index is 10.2. The van der Waals surface area contributed by atoms with E-state index in [1.165, 1.54) is 0 Å². The Labute approximate surface area is 97.7 Å². The number of hydrogen-bond donors (Lipinski definition) is 2. The second kappa shape index (κ2) is 5.41. The molecular formula is C13H22N2O. The highest BCUT2D eigenvalue weighted by Crippen LogP contribution is 2.28. The molecule has 90 valence electrons. The average Bonchev–Trinajstić information content (AvgIpc) is 2.17. The average molecular weight is 222 g/mol. The lowest BCUT2D eigenvalue weighted by Gasteiger charge is -2.28. The first-order chi connectivity index (χ1) is 7.44. The van der Waals surface area contributed by atoms with E-state index in [4.69, 9.17) is 5.73 Å². The molecule has 2 atom stereocenters. The van der Waals surface area contributed by atoms with Crippen LogP contribution in [0.5, 0.6) is 0 Å². The number of pyridine rings is 1. The van der Waals surface area contributed by atoms with E-state index in [2.05, 4.69) is 25.8 Å². The fourth-order valence-electron chi connectivity index (χ4n) is 1.88. The number of nitrogens with zero attached hydrogens (tertiary/aromatic N) is 1. The van der Waals surface area contributed by atoms with E-state index in [1.807, 2.05) is 12.1 Å². The topological polar surface area (TPSA) is 59.1 Å². The van der Waals surface area contributed by atoms with Crippen LogP contribution in [0.1, 0.15) is 38.7 Å². The zero-order valence-electron chi connectivity index (χ0n) is 10.4. The van der Waals surface area contributed by atoms with Crippen LogP contribution in [0.3, 0.4) is 0 Å². The summed E-state index contributed by atoms with van der Waals surface area (Å²) < 4.78 is 0. The van der Waals surface area contributed by atoms with Gasteiger partial charge in [0.1, 0.15) is 0 Å². The minimum atomic E-state index is -0.408. The van der Waals surface area contributed by atoms with Gasteiger partial charge in [-0.2, -0.15) is 0 Å². The van der Waals surface area contributed by atoms with Crippen molar-refractivity contribution in [1.29, 1.82) is 0 Å². The Morgan fingerprint density at radius 3 is 2.56 bits per heavy atom. The highest BCUT2D eigenvalue weighted by atomic mass is 16.3. The minimum absolute atomic E-state index is 0.0204. The summed E-state index contributed by atoms with van der Waals surface area (Å²) in [5.74, 6) is -0.0204. The maximum Gasteiger partial charge on any atom is 0.0626 e. The summed E-state index contributed by atoms with van der Waals surface area (Å²) in [7, 11) is 0. The van der Waals surface area contributed by atoms with Gasteiger partial charge >= 0.3 is 0 Å². The van der Waals surface area contributed by atoms with Crippen molar-refractivity contribution in [3.8, 4) is 0 Å². The van der Waals surface area contributed by atoms with Gasteiger partial charge in [-0.3, -0.25) is 4.98 Å². The number of hydrogen-bond acceptors (Lipinski definition) is 3. The zero-order valence-corrected chi connectivity index (χ0v) is 10.4. The summed E-state index contributed by atoms with van der Waals surface area (Å²) in [6.45, 7) is 6.80. The third kappa shape index (κ3) is 3.91. The molecule has 0 fully saturated rings. The van der Waals surface area contributed by atoms with Crippen molar-refractivity contribution in [2.45, 2.75) is 39.2 Å². The van der Waals surface area contributed by atoms with Gasteiger partial charge in [-0.1, -0.05) is 26.8 Å². The molecule has 1 aromatic heterocycles. The quantitative estimate of drug-likeness (QED) is 0.818. The molecule has 0 saturated heterocycles. The third-order valence-electron chi connectivity index (χ3n) is 2.65. The number of rotatable bonds is 4. The van der Waals surface area contributed by atoms with E-state index in [-0.39, 0.29) is 11.3 Å². The Morgan fingerprint density at radius 1 is 1.44 bits per heavy atom. The fourth-order valence-corrected chi connectivity index (χ4v) is 1.88. The van der Waals surface area contributed by atoms with Gasteiger partial charge in [-0.25, -0.2) is 0 Å². The van der Waals surface area contributed by atoms with Crippen LogP contribution in [0, 0.1) is 5.41 Å². The van der Waals surface area contributed by atoms with Gasteiger partial charge < -0.3 is 10.8 Å². The fraction of sp³-hybridized carbons (Fsp3) is 0.615. The molecule has 1 aromatic rings. The summed E-state index contributed by atoms with van der Waals surface area (Å²) in [6.07, 6.45) is 3.84. The molecular weight excluding hydrogens is 200 g/mol. The zero-order chi connectivity index (χ0) is 12.2. The molecule has 0 aliphatic heterocycles. The van der Waals surface area contributed by atoms with Crippen LogP contribution < -0.4 is 5.73 Å². The number of aliphatic hydroxyl groups is 1. The molecule has 0 spiro atoms. The van der Waals surface area contributed by atoms with Crippen LogP contribution in [0.4, 0.5) is 0 Å². The maximum absolute atomic E-state index is 10.2. The van der Waals surface area contributed by atoms with E-state index < -0.39 is 6.10 Å². The summed E-state index contributed by atoms with van der Waals surface area (Å²) in [6, 6.07) is 3.85. The highest BCUT2D eigenvalue weighted by molar-refractivity contribution is 5.16. The van der Waals surface area contributed by atoms with Crippen molar-refractivity contribution < 1.29 is 5.11 Å². The summed E-state index contributed by atoms with van der Waals surface area (Å²) in [5, 5.41) is 10.2. The second-order valence-corrected chi connectivity index (χ2v) is 5.46. The largest absolute Gasteiger partial charge is 0.392 e. The molecule has 16 heavy (non-hydrogen) atoms. The Kier molecular flexibility index (Phi) is 4.44. The van der Waals surface area contributed by atoms with Crippen LogP contribution >= 0.6 is 0 Å². The first-order valence-corrected chi connectivity index (χ1v) is 5.72. The standard InChI is InChI=1S/C13H22N2O/c1-13(2,3)7-12(16)11(8-14)10-5-4-6-15-9-10/h4-6,9,11-12,16H,7-8,14H2,1-3H3. The van der Waals surface area contributed by atoms with Crippen molar-refractivity contribution in [2.24, 2.45) is 11.1 Å². The van der Waals surface area contributed by atoms with E-state index in [1.54, 1.807) is 12.4 Å². The molecule has 1 rings (SSSR count). The van der Waals surface area contributed by atoms with Gasteiger partial charge in [0.25, 0.3) is 0 Å². The van der Waals surface area contributed by atoms with Gasteiger partial charge in [0.2, 0.25) is 0 Å². The van der Waals surface area contributed by atoms with E-state index >= 15 is 0 Å². The monoisotopic (exact) mass is 222 g/mol. The first-order valence-electron chi connectivity index (χ1n) is 5.72. The van der Waals surface area contributed by atoms with Gasteiger partial charge in [-0.15, -0.1) is 0 Å². The molecule has 0 aliphatic carbocycles.